The van der Waals surface area contributed by atoms with E-state index in [0.29, 0.717) is 6.04 Å². The van der Waals surface area contributed by atoms with Gasteiger partial charge in [0.15, 0.2) is 5.96 Å². The Labute approximate surface area is 140 Å². The number of piperidine rings is 1. The van der Waals surface area contributed by atoms with Crippen molar-refractivity contribution in [2.45, 2.75) is 38.6 Å². The van der Waals surface area contributed by atoms with Crippen molar-refractivity contribution in [3.63, 3.8) is 0 Å². The Hall–Kier alpha value is -1.33. The predicted molar refractivity (Wildman–Crippen MR) is 96.9 cm³/mol. The lowest BCUT2D eigenvalue weighted by Gasteiger charge is -2.33. The van der Waals surface area contributed by atoms with Gasteiger partial charge in [-0.1, -0.05) is 23.8 Å². The molecular formula is C18H32N4O. The summed E-state index contributed by atoms with van der Waals surface area (Å²) in [4.78, 5) is 6.84. The number of nitrogens with zero attached hydrogens (tertiary/aromatic N) is 2. The minimum Gasteiger partial charge on any atom is -0.377 e. The average Bonchev–Trinajstić information content (AvgIpc) is 2.56. The fraction of sp³-hybridized carbons (Fsp3) is 0.722. The number of hydrogen-bond donors (Lipinski definition) is 2. The van der Waals surface area contributed by atoms with Crippen LogP contribution in [0.4, 0.5) is 0 Å². The van der Waals surface area contributed by atoms with Gasteiger partial charge >= 0.3 is 0 Å². The number of aliphatic imine (C=N–C) groups is 1. The molecule has 5 nitrogen and oxygen atoms in total. The van der Waals surface area contributed by atoms with E-state index in [9.17, 15) is 0 Å². The zero-order chi connectivity index (χ0) is 16.5. The van der Waals surface area contributed by atoms with Gasteiger partial charge < -0.3 is 15.4 Å². The first kappa shape index (κ1) is 18.0. The molecule has 2 rings (SSSR count). The SMILES string of the molecule is C=C(C)CN1CCC(NC(=NC)NCCC2=CCOCC2)CC1. The van der Waals surface area contributed by atoms with E-state index in [-0.39, 0.29) is 0 Å². The van der Waals surface area contributed by atoms with Crippen LogP contribution in [-0.2, 0) is 4.74 Å². The Kier molecular flexibility index (Phi) is 7.62. The van der Waals surface area contributed by atoms with Gasteiger partial charge in [-0.05, 0) is 32.6 Å². The molecule has 0 amide bonds. The molecule has 0 atom stereocenters. The molecule has 2 aliphatic heterocycles. The third-order valence-electron chi connectivity index (χ3n) is 4.44. The number of nitrogens with one attached hydrogen (secondary N) is 2. The molecule has 1 saturated heterocycles. The highest BCUT2D eigenvalue weighted by atomic mass is 16.5. The van der Waals surface area contributed by atoms with Gasteiger partial charge in [-0.15, -0.1) is 0 Å². The van der Waals surface area contributed by atoms with Gasteiger partial charge in [0.25, 0.3) is 0 Å². The van der Waals surface area contributed by atoms with Crippen LogP contribution in [0.25, 0.3) is 0 Å². The minimum atomic E-state index is 0.518. The van der Waals surface area contributed by atoms with Crippen molar-refractivity contribution in [1.29, 1.82) is 0 Å². The van der Waals surface area contributed by atoms with Gasteiger partial charge in [-0.3, -0.25) is 9.89 Å². The number of guanidine groups is 1. The largest absolute Gasteiger partial charge is 0.377 e. The van der Waals surface area contributed by atoms with Crippen molar-refractivity contribution in [2.75, 3.05) is 46.4 Å². The highest BCUT2D eigenvalue weighted by Gasteiger charge is 2.19. The highest BCUT2D eigenvalue weighted by Crippen LogP contribution is 2.12. The van der Waals surface area contributed by atoms with Crippen LogP contribution in [0.15, 0.2) is 28.8 Å². The first-order chi connectivity index (χ1) is 11.2. The molecule has 0 unspecified atom stereocenters. The van der Waals surface area contributed by atoms with E-state index in [1.54, 1.807) is 0 Å². The summed E-state index contributed by atoms with van der Waals surface area (Å²) >= 11 is 0. The topological polar surface area (TPSA) is 48.9 Å². The summed E-state index contributed by atoms with van der Waals surface area (Å²) in [5.41, 5.74) is 2.74. The van der Waals surface area contributed by atoms with Gasteiger partial charge in [-0.25, -0.2) is 0 Å². The van der Waals surface area contributed by atoms with Crippen LogP contribution in [0.2, 0.25) is 0 Å². The molecule has 0 bridgehead atoms. The fourth-order valence-corrected chi connectivity index (χ4v) is 3.14. The first-order valence-electron chi connectivity index (χ1n) is 8.77. The standard InChI is InChI=1S/C18H32N4O/c1-15(2)14-22-10-5-17(6-11-22)21-18(19-3)20-9-4-16-7-12-23-13-8-16/h7,17H,1,4-6,8-14H2,2-3H3,(H2,19,20,21). The Morgan fingerprint density at radius 1 is 1.43 bits per heavy atom. The summed E-state index contributed by atoms with van der Waals surface area (Å²) in [5, 5.41) is 7.00. The maximum Gasteiger partial charge on any atom is 0.191 e. The van der Waals surface area contributed by atoms with Gasteiger partial charge in [0.2, 0.25) is 0 Å². The van der Waals surface area contributed by atoms with Crippen molar-refractivity contribution in [2.24, 2.45) is 4.99 Å². The Morgan fingerprint density at radius 2 is 2.22 bits per heavy atom. The quantitative estimate of drug-likeness (QED) is 0.446. The van der Waals surface area contributed by atoms with Crippen molar-refractivity contribution >= 4 is 5.96 Å². The zero-order valence-corrected chi connectivity index (χ0v) is 14.7. The number of ether oxygens (including phenoxy) is 1. The third kappa shape index (κ3) is 6.75. The van der Waals surface area contributed by atoms with Crippen LogP contribution >= 0.6 is 0 Å². The molecule has 0 aromatic heterocycles. The van der Waals surface area contributed by atoms with Crippen molar-refractivity contribution in [3.05, 3.63) is 23.8 Å². The van der Waals surface area contributed by atoms with Crippen molar-refractivity contribution < 1.29 is 4.74 Å². The van der Waals surface area contributed by atoms with Crippen LogP contribution in [-0.4, -0.2) is 63.3 Å². The van der Waals surface area contributed by atoms with Crippen LogP contribution in [0.3, 0.4) is 0 Å². The lowest BCUT2D eigenvalue weighted by molar-refractivity contribution is 0.153. The van der Waals surface area contributed by atoms with E-state index in [1.807, 2.05) is 7.05 Å². The number of hydrogen-bond acceptors (Lipinski definition) is 3. The molecule has 5 heteroatoms. The van der Waals surface area contributed by atoms with Gasteiger partial charge in [0.1, 0.15) is 0 Å². The summed E-state index contributed by atoms with van der Waals surface area (Å²) in [6.07, 6.45) is 6.67. The predicted octanol–water partition coefficient (Wildman–Crippen LogP) is 1.93. The number of likely N-dealkylation sites (tertiary alicyclic amines) is 1. The molecule has 0 aromatic carbocycles. The second-order valence-electron chi connectivity index (χ2n) is 6.59. The van der Waals surface area contributed by atoms with Crippen LogP contribution in [0.5, 0.6) is 0 Å². The zero-order valence-electron chi connectivity index (χ0n) is 14.7. The smallest absolute Gasteiger partial charge is 0.191 e. The molecule has 130 valence electrons. The maximum atomic E-state index is 5.34. The van der Waals surface area contributed by atoms with E-state index < -0.39 is 0 Å². The molecule has 2 N–H and O–H groups in total. The average molecular weight is 320 g/mol. The van der Waals surface area contributed by atoms with E-state index in [4.69, 9.17) is 4.74 Å². The Balaban J connectivity index is 1.65. The Morgan fingerprint density at radius 3 is 2.83 bits per heavy atom. The van der Waals surface area contributed by atoms with Gasteiger partial charge in [-0.2, -0.15) is 0 Å². The molecule has 1 fully saturated rings. The Bertz CT molecular complexity index is 436. The molecule has 0 radical (unpaired) electrons. The van der Waals surface area contributed by atoms with Gasteiger partial charge in [0.05, 0.1) is 13.2 Å². The van der Waals surface area contributed by atoms with Crippen molar-refractivity contribution in [1.82, 2.24) is 15.5 Å². The minimum absolute atomic E-state index is 0.518. The van der Waals surface area contributed by atoms with Crippen LogP contribution in [0, 0.1) is 0 Å². The highest BCUT2D eigenvalue weighted by molar-refractivity contribution is 5.79. The van der Waals surface area contributed by atoms with E-state index >= 15 is 0 Å². The maximum absolute atomic E-state index is 5.34. The summed E-state index contributed by atoms with van der Waals surface area (Å²) in [7, 11) is 1.85. The van der Waals surface area contributed by atoms with Gasteiger partial charge in [0, 0.05) is 39.3 Å². The number of rotatable bonds is 6. The van der Waals surface area contributed by atoms with E-state index in [2.05, 4.69) is 40.1 Å². The lowest BCUT2D eigenvalue weighted by atomic mass is 10.0. The second-order valence-corrected chi connectivity index (χ2v) is 6.59. The second kappa shape index (κ2) is 9.73. The fourth-order valence-electron chi connectivity index (χ4n) is 3.14. The normalized spacial score (nSPS) is 21.0. The monoisotopic (exact) mass is 320 g/mol. The lowest BCUT2D eigenvalue weighted by Crippen LogP contribution is -2.49. The van der Waals surface area contributed by atoms with E-state index in [0.717, 1.165) is 71.0 Å². The summed E-state index contributed by atoms with van der Waals surface area (Å²) < 4.78 is 5.34. The molecular weight excluding hydrogens is 288 g/mol. The molecule has 23 heavy (non-hydrogen) atoms. The summed E-state index contributed by atoms with van der Waals surface area (Å²) in [5.74, 6) is 0.927. The molecule has 0 saturated carbocycles. The molecule has 0 aliphatic carbocycles. The third-order valence-corrected chi connectivity index (χ3v) is 4.44. The molecule has 0 aromatic rings. The molecule has 2 aliphatic rings. The first-order valence-corrected chi connectivity index (χ1v) is 8.77. The summed E-state index contributed by atoms with van der Waals surface area (Å²) in [6, 6.07) is 0.518. The molecule has 2 heterocycles. The van der Waals surface area contributed by atoms with Crippen molar-refractivity contribution in [3.8, 4) is 0 Å². The van der Waals surface area contributed by atoms with E-state index in [1.165, 1.54) is 11.1 Å². The van der Waals surface area contributed by atoms with Crippen LogP contribution < -0.4 is 10.6 Å². The van der Waals surface area contributed by atoms with Crippen LogP contribution in [0.1, 0.15) is 32.6 Å². The molecule has 0 spiro atoms. The summed E-state index contributed by atoms with van der Waals surface area (Å²) in [6.45, 7) is 12.0.